The van der Waals surface area contributed by atoms with Crippen LogP contribution in [0.5, 0.6) is 0 Å². The first-order chi connectivity index (χ1) is 19.9. The minimum Gasteiger partial charge on any atom is -0.423 e. The van der Waals surface area contributed by atoms with Gasteiger partial charge in [-0.2, -0.15) is 10.5 Å². The molecule has 3 aliphatic rings. The fourth-order valence-corrected chi connectivity index (χ4v) is 5.93. The average molecular weight is 550 g/mol. The van der Waals surface area contributed by atoms with E-state index in [2.05, 4.69) is 46.0 Å². The van der Waals surface area contributed by atoms with Crippen molar-refractivity contribution in [3.05, 3.63) is 75.8 Å². The zero-order chi connectivity index (χ0) is 28.5. The van der Waals surface area contributed by atoms with E-state index in [-0.39, 0.29) is 5.91 Å². The maximum absolute atomic E-state index is 13.7. The molecule has 2 saturated heterocycles. The van der Waals surface area contributed by atoms with Crippen molar-refractivity contribution in [2.45, 2.75) is 39.2 Å². The summed E-state index contributed by atoms with van der Waals surface area (Å²) in [6.45, 7) is 10.8. The Morgan fingerprint density at radius 1 is 0.927 bits per heavy atom. The van der Waals surface area contributed by atoms with Crippen molar-refractivity contribution in [2.24, 2.45) is 0 Å². The second kappa shape index (κ2) is 11.3. The van der Waals surface area contributed by atoms with Crippen LogP contribution in [0.2, 0.25) is 0 Å². The van der Waals surface area contributed by atoms with E-state index < -0.39 is 0 Å². The molecule has 0 radical (unpaired) electrons. The fraction of sp³-hybridized carbons (Fsp3) is 0.438. The largest absolute Gasteiger partial charge is 0.423 e. The van der Waals surface area contributed by atoms with E-state index in [0.29, 0.717) is 55.1 Å². The lowest BCUT2D eigenvalue weighted by molar-refractivity contribution is 0.0744. The van der Waals surface area contributed by atoms with E-state index in [1.807, 2.05) is 41.0 Å². The fourth-order valence-electron chi connectivity index (χ4n) is 5.93. The molecule has 0 N–H and O–H groups in total. The molecule has 0 spiro atoms. The van der Waals surface area contributed by atoms with Crippen LogP contribution in [0.15, 0.2) is 40.8 Å². The molecule has 3 fully saturated rings. The van der Waals surface area contributed by atoms with Gasteiger partial charge in [-0.05, 0) is 61.6 Å². The number of benzene rings is 2. The predicted octanol–water partition coefficient (Wildman–Crippen LogP) is 4.20. The van der Waals surface area contributed by atoms with E-state index in [9.17, 15) is 15.3 Å². The molecule has 1 saturated carbocycles. The number of carbonyl (C=O) groups excluding carboxylic acids is 1. The second-order valence-electron chi connectivity index (χ2n) is 11.4. The molecule has 9 heteroatoms. The van der Waals surface area contributed by atoms with E-state index >= 15 is 0 Å². The van der Waals surface area contributed by atoms with Crippen molar-refractivity contribution in [1.82, 2.24) is 14.8 Å². The van der Waals surface area contributed by atoms with Gasteiger partial charge in [-0.1, -0.05) is 18.2 Å². The Hall–Kier alpha value is -4.34. The van der Waals surface area contributed by atoms with Crippen LogP contribution in [0.3, 0.4) is 0 Å². The molecule has 2 aromatic carbocycles. The molecule has 6 rings (SSSR count). The molecule has 0 atom stereocenters. The van der Waals surface area contributed by atoms with Crippen LogP contribution in [0.4, 0.5) is 11.6 Å². The average Bonchev–Trinajstić information content (AvgIpc) is 3.77. The van der Waals surface area contributed by atoms with Crippen LogP contribution in [0.1, 0.15) is 63.0 Å². The Labute approximate surface area is 241 Å². The van der Waals surface area contributed by atoms with Gasteiger partial charge in [0.25, 0.3) is 5.91 Å². The summed E-state index contributed by atoms with van der Waals surface area (Å²) in [5.41, 5.74) is 6.19. The van der Waals surface area contributed by atoms with Crippen LogP contribution < -0.4 is 9.80 Å². The first kappa shape index (κ1) is 26.9. The third-order valence-electron chi connectivity index (χ3n) is 8.56. The van der Waals surface area contributed by atoms with Gasteiger partial charge in [0.1, 0.15) is 12.1 Å². The molecule has 3 heterocycles. The third kappa shape index (κ3) is 5.51. The van der Waals surface area contributed by atoms with Gasteiger partial charge >= 0.3 is 0 Å². The topological polar surface area (TPSA) is 104 Å². The highest BCUT2D eigenvalue weighted by molar-refractivity contribution is 5.96. The molecule has 0 bridgehead atoms. The molecule has 3 aromatic rings. The summed E-state index contributed by atoms with van der Waals surface area (Å²) in [5, 5.41) is 19.0. The summed E-state index contributed by atoms with van der Waals surface area (Å²) >= 11 is 0. The second-order valence-corrected chi connectivity index (χ2v) is 11.4. The van der Waals surface area contributed by atoms with Gasteiger partial charge in [0.15, 0.2) is 0 Å². The lowest BCUT2D eigenvalue weighted by Crippen LogP contribution is -2.49. The number of aromatic nitrogens is 1. The highest BCUT2D eigenvalue weighted by atomic mass is 16.4. The molecule has 210 valence electrons. The maximum Gasteiger partial charge on any atom is 0.254 e. The van der Waals surface area contributed by atoms with Crippen molar-refractivity contribution < 1.29 is 9.21 Å². The first-order valence-electron chi connectivity index (χ1n) is 14.5. The number of nitrogens with zero attached hydrogens (tertiary/aromatic N) is 7. The zero-order valence-electron chi connectivity index (χ0n) is 23.8. The minimum absolute atomic E-state index is 0.0538. The standard InChI is InChI=1S/C32H35N7O2/c1-22-17-23(2)27(18-26(22)21-36-9-11-37(12-10-36)29-6-4-3-5-25(29)19-33)31(40)38-13-15-39(16-14-38)32-28(20-34)35-30(41-32)24-7-8-24/h3-6,17-18,24H,7-16,21H2,1-2H3. The summed E-state index contributed by atoms with van der Waals surface area (Å²) in [6.07, 6.45) is 2.14. The van der Waals surface area contributed by atoms with Gasteiger partial charge in [-0.25, -0.2) is 4.98 Å². The van der Waals surface area contributed by atoms with Crippen LogP contribution in [-0.2, 0) is 6.54 Å². The van der Waals surface area contributed by atoms with Gasteiger partial charge in [0.2, 0.25) is 17.5 Å². The summed E-state index contributed by atoms with van der Waals surface area (Å²) in [5.74, 6) is 1.62. The lowest BCUT2D eigenvalue weighted by atomic mass is 9.98. The number of aryl methyl sites for hydroxylation is 2. The number of rotatable bonds is 6. The summed E-state index contributed by atoms with van der Waals surface area (Å²) in [4.78, 5) is 26.8. The van der Waals surface area contributed by atoms with Gasteiger partial charge in [0, 0.05) is 70.4 Å². The Morgan fingerprint density at radius 3 is 2.32 bits per heavy atom. The van der Waals surface area contributed by atoms with Gasteiger partial charge in [-0.3, -0.25) is 9.69 Å². The minimum atomic E-state index is 0.0538. The Morgan fingerprint density at radius 2 is 1.63 bits per heavy atom. The number of anilines is 2. The monoisotopic (exact) mass is 549 g/mol. The van der Waals surface area contributed by atoms with E-state index in [1.165, 1.54) is 11.1 Å². The van der Waals surface area contributed by atoms with Gasteiger partial charge in [0.05, 0.1) is 11.3 Å². The zero-order valence-corrected chi connectivity index (χ0v) is 23.8. The molecule has 2 aliphatic heterocycles. The molecular weight excluding hydrogens is 514 g/mol. The first-order valence-corrected chi connectivity index (χ1v) is 14.5. The SMILES string of the molecule is Cc1cc(C)c(C(=O)N2CCN(c3oc(C4CC4)nc3C#N)CC2)cc1CN1CCN(c2ccccc2C#N)CC1. The summed E-state index contributed by atoms with van der Waals surface area (Å²) in [6, 6.07) is 16.5. The predicted molar refractivity (Wildman–Crippen MR) is 156 cm³/mol. The van der Waals surface area contributed by atoms with E-state index in [0.717, 1.165) is 62.4 Å². The Balaban J connectivity index is 1.09. The molecule has 41 heavy (non-hydrogen) atoms. The van der Waals surface area contributed by atoms with Crippen LogP contribution in [0, 0.1) is 36.5 Å². The number of hydrogen-bond acceptors (Lipinski definition) is 8. The van der Waals surface area contributed by atoms with Crippen molar-refractivity contribution in [1.29, 1.82) is 10.5 Å². The van der Waals surface area contributed by atoms with E-state index in [4.69, 9.17) is 4.42 Å². The number of piperazine rings is 2. The quantitative estimate of drug-likeness (QED) is 0.451. The normalized spacial score (nSPS) is 17.8. The maximum atomic E-state index is 13.7. The van der Waals surface area contributed by atoms with Gasteiger partial charge < -0.3 is 19.1 Å². The summed E-state index contributed by atoms with van der Waals surface area (Å²) in [7, 11) is 0. The van der Waals surface area contributed by atoms with Crippen LogP contribution in [-0.4, -0.2) is 73.0 Å². The highest BCUT2D eigenvalue weighted by Gasteiger charge is 2.33. The third-order valence-corrected chi connectivity index (χ3v) is 8.56. The molecule has 1 aromatic heterocycles. The molecule has 9 nitrogen and oxygen atoms in total. The van der Waals surface area contributed by atoms with Crippen molar-refractivity contribution in [3.63, 3.8) is 0 Å². The van der Waals surface area contributed by atoms with Crippen molar-refractivity contribution in [2.75, 3.05) is 62.2 Å². The molecule has 0 unspecified atom stereocenters. The lowest BCUT2D eigenvalue weighted by Gasteiger charge is -2.37. The molecule has 1 amide bonds. The Kier molecular flexibility index (Phi) is 7.38. The van der Waals surface area contributed by atoms with Crippen molar-refractivity contribution in [3.8, 4) is 12.1 Å². The van der Waals surface area contributed by atoms with Gasteiger partial charge in [-0.15, -0.1) is 0 Å². The number of hydrogen-bond donors (Lipinski definition) is 0. The molecule has 1 aliphatic carbocycles. The number of para-hydroxylation sites is 1. The Bertz CT molecular complexity index is 1530. The number of oxazole rings is 1. The smallest absolute Gasteiger partial charge is 0.254 e. The number of nitriles is 2. The molecular formula is C32H35N7O2. The number of amides is 1. The van der Waals surface area contributed by atoms with Crippen LogP contribution in [0.25, 0.3) is 0 Å². The highest BCUT2D eigenvalue weighted by Crippen LogP contribution is 2.41. The van der Waals surface area contributed by atoms with E-state index in [1.54, 1.807) is 0 Å². The summed E-state index contributed by atoms with van der Waals surface area (Å²) < 4.78 is 5.98. The van der Waals surface area contributed by atoms with Crippen LogP contribution >= 0.6 is 0 Å². The number of carbonyl (C=O) groups is 1. The van der Waals surface area contributed by atoms with Crippen molar-refractivity contribution >= 4 is 17.5 Å².